The van der Waals surface area contributed by atoms with Gasteiger partial charge < -0.3 is 10.8 Å². The van der Waals surface area contributed by atoms with Gasteiger partial charge in [0.25, 0.3) is 0 Å². The fourth-order valence-electron chi connectivity index (χ4n) is 1.28. The zero-order valence-electron chi connectivity index (χ0n) is 7.67. The molecule has 0 heterocycles. The minimum atomic E-state index is 0.0727. The highest BCUT2D eigenvalue weighted by Gasteiger charge is 2.05. The van der Waals surface area contributed by atoms with Gasteiger partial charge in [-0.15, -0.1) is 0 Å². The predicted octanol–water partition coefficient (Wildman–Crippen LogP) is 1.43. The number of nitrogens with two attached hydrogens (primary N) is 1. The number of amidine groups is 1. The molecule has 0 aliphatic heterocycles. The maximum absolute atomic E-state index is 9.69. The molecule has 1 aromatic carbocycles. The Morgan fingerprint density at radius 1 is 1.46 bits per heavy atom. The number of phenols is 1. The molecular formula is C10H14N2O. The summed E-state index contributed by atoms with van der Waals surface area (Å²) in [5.74, 6) is 0.351. The molecule has 0 spiro atoms. The van der Waals surface area contributed by atoms with Crippen LogP contribution in [0.25, 0.3) is 0 Å². The van der Waals surface area contributed by atoms with Gasteiger partial charge in [0, 0.05) is 12.0 Å². The van der Waals surface area contributed by atoms with Gasteiger partial charge in [-0.2, -0.15) is 0 Å². The predicted molar refractivity (Wildman–Crippen MR) is 53.1 cm³/mol. The molecule has 1 rings (SSSR count). The van der Waals surface area contributed by atoms with E-state index in [1.165, 1.54) is 0 Å². The van der Waals surface area contributed by atoms with E-state index in [0.717, 1.165) is 17.5 Å². The second-order valence-corrected chi connectivity index (χ2v) is 2.98. The second-order valence-electron chi connectivity index (χ2n) is 2.98. The summed E-state index contributed by atoms with van der Waals surface area (Å²) in [6.07, 6.45) is 1.11. The van der Waals surface area contributed by atoms with Crippen LogP contribution in [0, 0.1) is 5.41 Å². The average Bonchev–Trinajstić information content (AvgIpc) is 2.08. The Hall–Kier alpha value is -1.51. The van der Waals surface area contributed by atoms with Crippen LogP contribution in [0.2, 0.25) is 0 Å². The molecule has 0 aliphatic rings. The van der Waals surface area contributed by atoms with Crippen LogP contribution in [0.3, 0.4) is 0 Å². The molecule has 0 amide bonds. The van der Waals surface area contributed by atoms with E-state index in [9.17, 15) is 5.11 Å². The molecule has 0 bridgehead atoms. The van der Waals surface area contributed by atoms with Crippen molar-refractivity contribution >= 4 is 5.84 Å². The van der Waals surface area contributed by atoms with Crippen molar-refractivity contribution in [2.75, 3.05) is 0 Å². The normalized spacial score (nSPS) is 9.92. The Balaban J connectivity index is 3.01. The van der Waals surface area contributed by atoms with Gasteiger partial charge in [-0.05, 0) is 12.0 Å². The molecular weight excluding hydrogens is 164 g/mol. The lowest BCUT2D eigenvalue weighted by atomic mass is 10.0. The first-order valence-corrected chi connectivity index (χ1v) is 4.27. The fraction of sp³-hybridized carbons (Fsp3) is 0.300. The highest BCUT2D eigenvalue weighted by atomic mass is 16.3. The summed E-state index contributed by atoms with van der Waals surface area (Å²) in [5.41, 5.74) is 6.89. The highest BCUT2D eigenvalue weighted by molar-refractivity contribution is 5.80. The van der Waals surface area contributed by atoms with Gasteiger partial charge in [0.1, 0.15) is 5.75 Å². The smallest absolute Gasteiger partial charge is 0.122 e. The zero-order valence-corrected chi connectivity index (χ0v) is 7.67. The summed E-state index contributed by atoms with van der Waals surface area (Å²) in [7, 11) is 0. The lowest BCUT2D eigenvalue weighted by molar-refractivity contribution is 0.463. The van der Waals surface area contributed by atoms with E-state index in [4.69, 9.17) is 11.1 Å². The Bertz CT molecular complexity index is 321. The van der Waals surface area contributed by atoms with Crippen molar-refractivity contribution < 1.29 is 5.11 Å². The number of hydrogen-bond acceptors (Lipinski definition) is 2. The average molecular weight is 178 g/mol. The molecule has 3 nitrogen and oxygen atoms in total. The van der Waals surface area contributed by atoms with Crippen molar-refractivity contribution in [2.45, 2.75) is 19.8 Å². The number of aryl methyl sites for hydroxylation is 1. The molecule has 0 aliphatic carbocycles. The van der Waals surface area contributed by atoms with Crippen molar-refractivity contribution in [2.24, 2.45) is 5.73 Å². The summed E-state index contributed by atoms with van der Waals surface area (Å²) in [4.78, 5) is 0. The van der Waals surface area contributed by atoms with E-state index < -0.39 is 0 Å². The number of phenolic OH excluding ortho intramolecular Hbond substituents is 1. The first-order valence-electron chi connectivity index (χ1n) is 4.27. The zero-order chi connectivity index (χ0) is 9.84. The topological polar surface area (TPSA) is 70.1 Å². The van der Waals surface area contributed by atoms with Crippen LogP contribution in [-0.2, 0) is 12.8 Å². The first-order chi connectivity index (χ1) is 6.15. The summed E-state index contributed by atoms with van der Waals surface area (Å²) in [6.45, 7) is 1.98. The molecule has 0 radical (unpaired) electrons. The Kier molecular flexibility index (Phi) is 2.90. The van der Waals surface area contributed by atoms with Crippen LogP contribution in [-0.4, -0.2) is 10.9 Å². The van der Waals surface area contributed by atoms with Crippen molar-refractivity contribution in [3.8, 4) is 5.75 Å². The maximum atomic E-state index is 9.69. The lowest BCUT2D eigenvalue weighted by Crippen LogP contribution is -2.12. The molecule has 0 unspecified atom stereocenters. The van der Waals surface area contributed by atoms with E-state index in [1.807, 2.05) is 19.1 Å². The maximum Gasteiger partial charge on any atom is 0.122 e. The van der Waals surface area contributed by atoms with Gasteiger partial charge in [0.15, 0.2) is 0 Å². The van der Waals surface area contributed by atoms with Crippen LogP contribution < -0.4 is 5.73 Å². The largest absolute Gasteiger partial charge is 0.507 e. The van der Waals surface area contributed by atoms with E-state index in [2.05, 4.69) is 0 Å². The Labute approximate surface area is 77.7 Å². The molecule has 70 valence electrons. The van der Waals surface area contributed by atoms with Crippen molar-refractivity contribution in [1.82, 2.24) is 0 Å². The molecule has 0 fully saturated rings. The van der Waals surface area contributed by atoms with Gasteiger partial charge in [0.05, 0.1) is 5.84 Å². The summed E-state index contributed by atoms with van der Waals surface area (Å²) < 4.78 is 0. The molecule has 1 aromatic rings. The third-order valence-corrected chi connectivity index (χ3v) is 1.96. The number of rotatable bonds is 3. The second kappa shape index (κ2) is 3.94. The van der Waals surface area contributed by atoms with Crippen molar-refractivity contribution in [3.63, 3.8) is 0 Å². The van der Waals surface area contributed by atoms with Gasteiger partial charge in [-0.25, -0.2) is 0 Å². The summed E-state index contributed by atoms with van der Waals surface area (Å²) in [5, 5.41) is 16.8. The van der Waals surface area contributed by atoms with Crippen LogP contribution in [0.1, 0.15) is 18.1 Å². The number of aromatic hydroxyl groups is 1. The van der Waals surface area contributed by atoms with Crippen molar-refractivity contribution in [1.29, 1.82) is 5.41 Å². The summed E-state index contributed by atoms with van der Waals surface area (Å²) >= 11 is 0. The van der Waals surface area contributed by atoms with Crippen LogP contribution >= 0.6 is 0 Å². The number of nitrogens with one attached hydrogen (secondary N) is 1. The number of hydrogen-bond donors (Lipinski definition) is 3. The van der Waals surface area contributed by atoms with Gasteiger partial charge in [0.2, 0.25) is 0 Å². The van der Waals surface area contributed by atoms with Crippen LogP contribution in [0.15, 0.2) is 18.2 Å². The van der Waals surface area contributed by atoms with Gasteiger partial charge in [-0.1, -0.05) is 25.1 Å². The van der Waals surface area contributed by atoms with Crippen LogP contribution in [0.4, 0.5) is 0 Å². The van der Waals surface area contributed by atoms with E-state index >= 15 is 0 Å². The molecule has 0 aromatic heterocycles. The molecule has 13 heavy (non-hydrogen) atoms. The Morgan fingerprint density at radius 2 is 2.08 bits per heavy atom. The van der Waals surface area contributed by atoms with Gasteiger partial charge in [-0.3, -0.25) is 5.41 Å². The molecule has 0 saturated heterocycles. The first kappa shape index (κ1) is 9.58. The monoisotopic (exact) mass is 178 g/mol. The van der Waals surface area contributed by atoms with E-state index in [-0.39, 0.29) is 11.6 Å². The van der Waals surface area contributed by atoms with E-state index in [0.29, 0.717) is 6.42 Å². The third kappa shape index (κ3) is 2.21. The summed E-state index contributed by atoms with van der Waals surface area (Å²) in [6, 6.07) is 5.53. The highest BCUT2D eigenvalue weighted by Crippen LogP contribution is 2.22. The Morgan fingerprint density at radius 3 is 2.62 bits per heavy atom. The third-order valence-electron chi connectivity index (χ3n) is 1.96. The molecule has 0 saturated carbocycles. The SMILES string of the molecule is CCc1cccc(CC(=N)N)c1O. The lowest BCUT2D eigenvalue weighted by Gasteiger charge is -2.06. The minimum Gasteiger partial charge on any atom is -0.507 e. The quantitative estimate of drug-likeness (QED) is 0.484. The standard InChI is InChI=1S/C10H14N2O/c1-2-7-4-3-5-8(10(7)13)6-9(11)12/h3-5,13H,2,6H2,1H3,(H3,11,12). The minimum absolute atomic E-state index is 0.0727. The molecule has 3 heteroatoms. The molecule has 0 atom stereocenters. The number of para-hydroxylation sites is 1. The van der Waals surface area contributed by atoms with Crippen molar-refractivity contribution in [3.05, 3.63) is 29.3 Å². The fourth-order valence-corrected chi connectivity index (χ4v) is 1.28. The van der Waals surface area contributed by atoms with Crippen LogP contribution in [0.5, 0.6) is 5.75 Å². The number of benzene rings is 1. The molecule has 4 N–H and O–H groups in total. The van der Waals surface area contributed by atoms with E-state index in [1.54, 1.807) is 6.07 Å². The van der Waals surface area contributed by atoms with Gasteiger partial charge >= 0.3 is 0 Å².